The number of esters is 1. The molecule has 2 N–H and O–H groups in total. The maximum atomic E-state index is 12.3. The number of carboxylic acids is 2. The van der Waals surface area contributed by atoms with Gasteiger partial charge in [-0.15, -0.1) is 11.3 Å². The molecule has 2 aromatic rings. The largest absolute Gasteiger partial charge is 0.481 e. The number of fused-ring (bicyclic) bond motifs is 1. The number of aliphatic carboxylic acids is 2. The Balaban J connectivity index is 2.29. The van der Waals surface area contributed by atoms with Crippen molar-refractivity contribution in [1.29, 1.82) is 0 Å². The summed E-state index contributed by atoms with van der Waals surface area (Å²) in [4.78, 5) is 40.8. The first-order chi connectivity index (χ1) is 14.8. The molecular formula is C22H29NO6S2. The van der Waals surface area contributed by atoms with E-state index < -0.39 is 29.2 Å². The van der Waals surface area contributed by atoms with Gasteiger partial charge in [-0.2, -0.15) is 0 Å². The first kappa shape index (κ1) is 25.1. The number of nitrogens with zero attached hydrogens (tertiary/aromatic N) is 1. The molecule has 9 heteroatoms. The molecular weight excluding hydrogens is 438 g/mol. The van der Waals surface area contributed by atoms with Gasteiger partial charge in [0.1, 0.15) is 0 Å². The second kappa shape index (κ2) is 11.5. The first-order valence-electron chi connectivity index (χ1n) is 10.4. The molecule has 0 saturated heterocycles. The quantitative estimate of drug-likeness (QED) is 0.300. The van der Waals surface area contributed by atoms with Crippen molar-refractivity contribution in [2.45, 2.75) is 56.7 Å². The summed E-state index contributed by atoms with van der Waals surface area (Å²) in [6.45, 7) is 3.95. The molecule has 170 valence electrons. The number of methoxy groups -OCH3 is 1. The van der Waals surface area contributed by atoms with E-state index in [0.29, 0.717) is 41.1 Å². The minimum atomic E-state index is -1.29. The number of carboxylic acid groups (broad SMARTS) is 2. The monoisotopic (exact) mass is 467 g/mol. The molecule has 1 aromatic heterocycles. The van der Waals surface area contributed by atoms with Gasteiger partial charge in [0.2, 0.25) is 0 Å². The van der Waals surface area contributed by atoms with Gasteiger partial charge in [-0.1, -0.05) is 51.3 Å². The number of aromatic nitrogens is 1. The number of hydrogen-bond donors (Lipinski definition) is 2. The van der Waals surface area contributed by atoms with Gasteiger partial charge in [0.25, 0.3) is 0 Å². The van der Waals surface area contributed by atoms with Gasteiger partial charge in [0, 0.05) is 5.75 Å². The maximum absolute atomic E-state index is 12.3. The van der Waals surface area contributed by atoms with Crippen LogP contribution in [0.4, 0.5) is 0 Å². The summed E-state index contributed by atoms with van der Waals surface area (Å²) in [5.41, 5.74) is -0.171. The van der Waals surface area contributed by atoms with Gasteiger partial charge < -0.3 is 14.9 Å². The summed E-state index contributed by atoms with van der Waals surface area (Å²) in [5, 5.41) is 20.0. The Labute approximate surface area is 190 Å². The Morgan fingerprint density at radius 2 is 1.81 bits per heavy atom. The molecule has 31 heavy (non-hydrogen) atoms. The molecule has 0 saturated carbocycles. The van der Waals surface area contributed by atoms with Crippen molar-refractivity contribution >= 4 is 51.2 Å². The zero-order valence-corrected chi connectivity index (χ0v) is 19.7. The van der Waals surface area contributed by atoms with Crippen molar-refractivity contribution < 1.29 is 29.3 Å². The van der Waals surface area contributed by atoms with Gasteiger partial charge >= 0.3 is 17.9 Å². The molecule has 0 fully saturated rings. The minimum Gasteiger partial charge on any atom is -0.481 e. The van der Waals surface area contributed by atoms with Crippen LogP contribution < -0.4 is 0 Å². The topological polar surface area (TPSA) is 114 Å². The number of carbonyl (C=O) groups is 3. The van der Waals surface area contributed by atoms with Crippen molar-refractivity contribution in [3.63, 3.8) is 0 Å². The zero-order valence-electron chi connectivity index (χ0n) is 18.1. The van der Waals surface area contributed by atoms with Crippen molar-refractivity contribution in [2.24, 2.45) is 11.3 Å². The molecule has 1 heterocycles. The van der Waals surface area contributed by atoms with Crippen LogP contribution in [-0.4, -0.2) is 46.0 Å². The van der Waals surface area contributed by atoms with E-state index in [1.807, 2.05) is 13.8 Å². The summed E-state index contributed by atoms with van der Waals surface area (Å²) in [6.07, 6.45) is 3.64. The highest BCUT2D eigenvalue weighted by atomic mass is 32.2. The molecule has 0 radical (unpaired) electrons. The van der Waals surface area contributed by atoms with E-state index in [0.717, 1.165) is 17.5 Å². The molecule has 2 rings (SSSR count). The van der Waals surface area contributed by atoms with Crippen molar-refractivity contribution in [3.8, 4) is 0 Å². The van der Waals surface area contributed by atoms with Gasteiger partial charge in [0.15, 0.2) is 4.34 Å². The molecule has 0 aliphatic rings. The van der Waals surface area contributed by atoms with Crippen LogP contribution in [0.3, 0.4) is 0 Å². The Morgan fingerprint density at radius 1 is 1.16 bits per heavy atom. The number of thiazole rings is 1. The summed E-state index contributed by atoms with van der Waals surface area (Å²) >= 11 is 2.61. The fourth-order valence-electron chi connectivity index (χ4n) is 3.65. The van der Waals surface area contributed by atoms with E-state index in [-0.39, 0.29) is 5.75 Å². The number of hydrogen-bond acceptors (Lipinski definition) is 7. The van der Waals surface area contributed by atoms with E-state index in [2.05, 4.69) is 4.98 Å². The predicted octanol–water partition coefficient (Wildman–Crippen LogP) is 5.33. The Kier molecular flexibility index (Phi) is 9.31. The van der Waals surface area contributed by atoms with Crippen LogP contribution in [-0.2, 0) is 14.3 Å². The minimum absolute atomic E-state index is 0.124. The van der Waals surface area contributed by atoms with Crippen LogP contribution in [0.5, 0.6) is 0 Å². The van der Waals surface area contributed by atoms with Crippen molar-refractivity contribution in [3.05, 3.63) is 23.8 Å². The smallest absolute Gasteiger partial charge is 0.337 e. The second-order valence-electron chi connectivity index (χ2n) is 7.52. The average molecular weight is 468 g/mol. The van der Waals surface area contributed by atoms with Gasteiger partial charge in [-0.25, -0.2) is 9.78 Å². The van der Waals surface area contributed by atoms with E-state index in [1.165, 1.54) is 30.2 Å². The second-order valence-corrected chi connectivity index (χ2v) is 9.82. The standard InChI is InChI=1S/C22H29NO6S2/c1-4-6-10-22(20(27)28,11-7-5-2)15(18(24)25)13-30-21-23-16-9-8-14(19(26)29-3)12-17(16)31-21/h8-9,12,15H,4-7,10-11,13H2,1-3H3,(H,24,25)(H,27,28). The van der Waals surface area contributed by atoms with Crippen LogP contribution in [0.1, 0.15) is 62.7 Å². The lowest BCUT2D eigenvalue weighted by atomic mass is 9.69. The molecule has 1 unspecified atom stereocenters. The normalized spacial score (nSPS) is 12.6. The molecule has 0 amide bonds. The van der Waals surface area contributed by atoms with Crippen LogP contribution >= 0.6 is 23.1 Å². The lowest BCUT2D eigenvalue weighted by Crippen LogP contribution is -2.44. The average Bonchev–Trinajstić information content (AvgIpc) is 3.16. The molecule has 0 spiro atoms. The summed E-state index contributed by atoms with van der Waals surface area (Å²) < 4.78 is 6.18. The number of rotatable bonds is 13. The van der Waals surface area contributed by atoms with Crippen LogP contribution in [0.15, 0.2) is 22.5 Å². The van der Waals surface area contributed by atoms with Gasteiger partial charge in [-0.3, -0.25) is 9.59 Å². The predicted molar refractivity (Wildman–Crippen MR) is 122 cm³/mol. The van der Waals surface area contributed by atoms with E-state index in [1.54, 1.807) is 18.2 Å². The fourth-order valence-corrected chi connectivity index (χ4v) is 6.03. The molecule has 0 bridgehead atoms. The van der Waals surface area contributed by atoms with E-state index in [4.69, 9.17) is 4.74 Å². The maximum Gasteiger partial charge on any atom is 0.337 e. The Hall–Kier alpha value is -2.13. The molecule has 0 aliphatic carbocycles. The Bertz CT molecular complexity index is 918. The van der Waals surface area contributed by atoms with Crippen LogP contribution in [0, 0.1) is 11.3 Å². The third kappa shape index (κ3) is 5.98. The zero-order chi connectivity index (χ0) is 23.0. The summed E-state index contributed by atoms with van der Waals surface area (Å²) in [6, 6.07) is 5.05. The molecule has 0 aliphatic heterocycles. The SMILES string of the molecule is CCCCC(CCCC)(C(=O)O)C(CSc1nc2ccc(C(=O)OC)cc2s1)C(=O)O. The Morgan fingerprint density at radius 3 is 2.32 bits per heavy atom. The van der Waals surface area contributed by atoms with Crippen LogP contribution in [0.25, 0.3) is 10.2 Å². The van der Waals surface area contributed by atoms with E-state index >= 15 is 0 Å². The highest BCUT2D eigenvalue weighted by molar-refractivity contribution is 8.01. The highest BCUT2D eigenvalue weighted by Gasteiger charge is 2.48. The third-order valence-corrected chi connectivity index (χ3v) is 7.76. The molecule has 1 atom stereocenters. The van der Waals surface area contributed by atoms with Crippen molar-refractivity contribution in [1.82, 2.24) is 4.98 Å². The van der Waals surface area contributed by atoms with Crippen molar-refractivity contribution in [2.75, 3.05) is 12.9 Å². The number of carbonyl (C=O) groups excluding carboxylic acids is 1. The van der Waals surface area contributed by atoms with Gasteiger partial charge in [-0.05, 0) is 31.0 Å². The van der Waals surface area contributed by atoms with E-state index in [9.17, 15) is 24.6 Å². The summed E-state index contributed by atoms with van der Waals surface area (Å²) in [7, 11) is 1.32. The number of thioether (sulfide) groups is 1. The summed E-state index contributed by atoms with van der Waals surface area (Å²) in [5.74, 6) is -3.46. The molecule has 7 nitrogen and oxygen atoms in total. The number of ether oxygens (including phenoxy) is 1. The third-order valence-electron chi connectivity index (χ3n) is 5.51. The number of unbranched alkanes of at least 4 members (excludes halogenated alkanes) is 2. The molecule has 1 aromatic carbocycles. The van der Waals surface area contributed by atoms with Gasteiger partial charge in [0.05, 0.1) is 34.2 Å². The number of benzene rings is 1. The lowest BCUT2D eigenvalue weighted by Gasteiger charge is -2.35. The van der Waals surface area contributed by atoms with Crippen LogP contribution in [0.2, 0.25) is 0 Å². The fraction of sp³-hybridized carbons (Fsp3) is 0.545. The lowest BCUT2D eigenvalue weighted by molar-refractivity contribution is -0.163. The highest BCUT2D eigenvalue weighted by Crippen LogP contribution is 2.43. The first-order valence-corrected chi connectivity index (χ1v) is 12.2.